The Bertz CT molecular complexity index is 552. The number of rotatable bonds is 1. The minimum absolute atomic E-state index is 0.753. The van der Waals surface area contributed by atoms with Crippen LogP contribution in [0.2, 0.25) is 0 Å². The van der Waals surface area contributed by atoms with Crippen LogP contribution in [0.4, 0.5) is 0 Å². The van der Waals surface area contributed by atoms with E-state index < -0.39 is 0 Å². The zero-order chi connectivity index (χ0) is 9.38. The summed E-state index contributed by atoms with van der Waals surface area (Å²) in [4.78, 5) is 7.18. The molecule has 0 bridgehead atoms. The Morgan fingerprint density at radius 3 is 3.07 bits per heavy atom. The van der Waals surface area contributed by atoms with Gasteiger partial charge in [0, 0.05) is 6.20 Å². The van der Waals surface area contributed by atoms with Gasteiger partial charge in [0.2, 0.25) is 0 Å². The van der Waals surface area contributed by atoms with Crippen LogP contribution < -0.4 is 0 Å². The van der Waals surface area contributed by atoms with Crippen molar-refractivity contribution >= 4 is 11.0 Å². The Balaban J connectivity index is 2.33. The molecule has 3 rings (SSSR count). The smallest absolute Gasteiger partial charge is 0.133 e. The van der Waals surface area contributed by atoms with E-state index in [1.54, 1.807) is 34.4 Å². The second-order valence-electron chi connectivity index (χ2n) is 2.77. The second kappa shape index (κ2) is 2.63. The van der Waals surface area contributed by atoms with E-state index in [1.165, 1.54) is 0 Å². The molecule has 6 nitrogen and oxygen atoms in total. The van der Waals surface area contributed by atoms with Crippen LogP contribution >= 0.6 is 0 Å². The fourth-order valence-corrected chi connectivity index (χ4v) is 1.29. The first kappa shape index (κ1) is 7.19. The molecule has 6 heteroatoms. The summed E-state index contributed by atoms with van der Waals surface area (Å²) in [5.41, 5.74) is 1.63. The average molecular weight is 186 g/mol. The van der Waals surface area contributed by atoms with Gasteiger partial charge in [-0.25, -0.2) is 0 Å². The fraction of sp³-hybridized carbons (Fsp3) is 0. The minimum Gasteiger partial charge on any atom is -0.262 e. The lowest BCUT2D eigenvalue weighted by atomic mass is 10.4. The van der Waals surface area contributed by atoms with Crippen molar-refractivity contribution in [3.8, 4) is 0 Å². The van der Waals surface area contributed by atoms with Crippen LogP contribution in [0, 0.1) is 0 Å². The second-order valence-corrected chi connectivity index (χ2v) is 2.77. The first-order valence-corrected chi connectivity index (χ1v) is 4.11. The summed E-state index contributed by atoms with van der Waals surface area (Å²) < 4.78 is 0. The van der Waals surface area contributed by atoms with Crippen LogP contribution in [0.5, 0.6) is 0 Å². The quantitative estimate of drug-likeness (QED) is 0.549. The van der Waals surface area contributed by atoms with E-state index in [2.05, 4.69) is 20.4 Å². The van der Waals surface area contributed by atoms with Crippen LogP contribution in [-0.2, 0) is 0 Å². The molecule has 0 fully saturated rings. The maximum Gasteiger partial charge on any atom is 0.133 e. The molecule has 0 aliphatic rings. The molecule has 0 aliphatic heterocycles. The van der Waals surface area contributed by atoms with Gasteiger partial charge in [0.25, 0.3) is 0 Å². The van der Waals surface area contributed by atoms with Crippen molar-refractivity contribution in [3.05, 3.63) is 36.9 Å². The lowest BCUT2D eigenvalue weighted by molar-refractivity contribution is 0.506. The Hall–Kier alpha value is -2.24. The molecule has 68 valence electrons. The Kier molecular flexibility index (Phi) is 1.35. The van der Waals surface area contributed by atoms with E-state index >= 15 is 0 Å². The lowest BCUT2D eigenvalue weighted by Crippen LogP contribution is -2.11. The standard InChI is InChI=1S/C8H6N6/c1-3-10-13(5-1)14-8-2-4-9-6-7(8)11-12-14/h1-6H. The first-order valence-electron chi connectivity index (χ1n) is 4.11. The maximum atomic E-state index is 4.07. The van der Waals surface area contributed by atoms with Crippen molar-refractivity contribution in [2.24, 2.45) is 0 Å². The number of nitrogens with zero attached hydrogens (tertiary/aromatic N) is 6. The molecule has 0 saturated heterocycles. The molecule has 0 radical (unpaired) electrons. The molecule has 0 spiro atoms. The molecule has 0 N–H and O–H groups in total. The van der Waals surface area contributed by atoms with Gasteiger partial charge in [-0.05, 0) is 17.3 Å². The first-order chi connectivity index (χ1) is 6.95. The zero-order valence-corrected chi connectivity index (χ0v) is 7.15. The number of aromatic nitrogens is 6. The predicted octanol–water partition coefficient (Wildman–Crippen LogP) is 0.334. The maximum absolute atomic E-state index is 4.07. The molecule has 3 aromatic rings. The Morgan fingerprint density at radius 1 is 1.21 bits per heavy atom. The molecule has 0 amide bonds. The van der Waals surface area contributed by atoms with Crippen molar-refractivity contribution in [1.29, 1.82) is 0 Å². The van der Waals surface area contributed by atoms with E-state index in [9.17, 15) is 0 Å². The summed E-state index contributed by atoms with van der Waals surface area (Å²) in [6.07, 6.45) is 6.86. The molecule has 0 saturated carbocycles. The summed E-state index contributed by atoms with van der Waals surface area (Å²) in [7, 11) is 0. The van der Waals surface area contributed by atoms with Gasteiger partial charge in [0.15, 0.2) is 0 Å². The Morgan fingerprint density at radius 2 is 2.21 bits per heavy atom. The van der Waals surface area contributed by atoms with E-state index in [0.717, 1.165) is 11.0 Å². The van der Waals surface area contributed by atoms with Crippen LogP contribution in [-0.4, -0.2) is 30.0 Å². The van der Waals surface area contributed by atoms with E-state index in [1.807, 2.05) is 12.1 Å². The van der Waals surface area contributed by atoms with Gasteiger partial charge < -0.3 is 0 Å². The Labute approximate surface area is 78.8 Å². The molecular weight excluding hydrogens is 180 g/mol. The van der Waals surface area contributed by atoms with Gasteiger partial charge in [0.05, 0.1) is 18.6 Å². The third-order valence-electron chi connectivity index (χ3n) is 1.91. The summed E-state index contributed by atoms with van der Waals surface area (Å²) in [5.74, 6) is 0. The van der Waals surface area contributed by atoms with Gasteiger partial charge in [-0.3, -0.25) is 4.98 Å². The monoisotopic (exact) mass is 186 g/mol. The van der Waals surface area contributed by atoms with Crippen LogP contribution in [0.15, 0.2) is 36.9 Å². The number of fused-ring (bicyclic) bond motifs is 1. The number of hydrogen-bond acceptors (Lipinski definition) is 4. The molecular formula is C8H6N6. The van der Waals surface area contributed by atoms with Gasteiger partial charge in [-0.2, -0.15) is 9.89 Å². The number of pyridine rings is 1. The van der Waals surface area contributed by atoms with Crippen molar-refractivity contribution in [3.63, 3.8) is 0 Å². The summed E-state index contributed by atoms with van der Waals surface area (Å²) >= 11 is 0. The van der Waals surface area contributed by atoms with Crippen molar-refractivity contribution in [2.45, 2.75) is 0 Å². The molecule has 0 aromatic carbocycles. The SMILES string of the molecule is c1cnn(-n2nnc3cnccc32)c1. The van der Waals surface area contributed by atoms with Gasteiger partial charge in [-0.15, -0.1) is 9.89 Å². The van der Waals surface area contributed by atoms with E-state index in [4.69, 9.17) is 0 Å². The lowest BCUT2D eigenvalue weighted by Gasteiger charge is -1.98. The summed E-state index contributed by atoms with van der Waals surface area (Å²) in [5, 5.41) is 12.0. The predicted molar refractivity (Wildman–Crippen MR) is 48.3 cm³/mol. The normalized spacial score (nSPS) is 10.9. The molecule has 3 heterocycles. The van der Waals surface area contributed by atoms with E-state index in [0.29, 0.717) is 0 Å². The number of hydrogen-bond donors (Lipinski definition) is 0. The largest absolute Gasteiger partial charge is 0.262 e. The highest BCUT2D eigenvalue weighted by Crippen LogP contribution is 2.07. The molecule has 3 aromatic heterocycles. The van der Waals surface area contributed by atoms with Gasteiger partial charge in [-0.1, -0.05) is 0 Å². The van der Waals surface area contributed by atoms with Crippen molar-refractivity contribution < 1.29 is 0 Å². The highest BCUT2D eigenvalue weighted by Gasteiger charge is 2.04. The molecule has 0 atom stereocenters. The van der Waals surface area contributed by atoms with Crippen LogP contribution in [0.1, 0.15) is 0 Å². The van der Waals surface area contributed by atoms with Crippen LogP contribution in [0.3, 0.4) is 0 Å². The third-order valence-corrected chi connectivity index (χ3v) is 1.91. The highest BCUT2D eigenvalue weighted by atomic mass is 15.7. The fourth-order valence-electron chi connectivity index (χ4n) is 1.29. The highest BCUT2D eigenvalue weighted by molar-refractivity contribution is 5.72. The topological polar surface area (TPSA) is 61.4 Å². The molecule has 0 aliphatic carbocycles. The third kappa shape index (κ3) is 0.905. The zero-order valence-electron chi connectivity index (χ0n) is 7.15. The van der Waals surface area contributed by atoms with Crippen LogP contribution in [0.25, 0.3) is 11.0 Å². The average Bonchev–Trinajstić information content (AvgIpc) is 2.85. The molecule has 0 unspecified atom stereocenters. The minimum atomic E-state index is 0.753. The summed E-state index contributed by atoms with van der Waals surface area (Å²) in [6.45, 7) is 0. The van der Waals surface area contributed by atoms with Gasteiger partial charge >= 0.3 is 0 Å². The van der Waals surface area contributed by atoms with E-state index in [-0.39, 0.29) is 0 Å². The van der Waals surface area contributed by atoms with Gasteiger partial charge in [0.1, 0.15) is 11.0 Å². The molecule has 14 heavy (non-hydrogen) atoms. The van der Waals surface area contributed by atoms with Crippen molar-refractivity contribution in [1.82, 2.24) is 30.0 Å². The van der Waals surface area contributed by atoms with Crippen molar-refractivity contribution in [2.75, 3.05) is 0 Å². The summed E-state index contributed by atoms with van der Waals surface area (Å²) in [6, 6.07) is 3.67.